The molecule has 0 rings (SSSR count). The van der Waals surface area contributed by atoms with Crippen molar-refractivity contribution in [3.05, 3.63) is 0 Å². The molecule has 1 unspecified atom stereocenters. The zero-order chi connectivity index (χ0) is 15.8. The van der Waals surface area contributed by atoms with Gasteiger partial charge in [-0.1, -0.05) is 97.3 Å². The first kappa shape index (κ1) is 20.5. The molecule has 0 aliphatic carbocycles. The summed E-state index contributed by atoms with van der Waals surface area (Å²) in [7, 11) is 0. The van der Waals surface area contributed by atoms with Crippen LogP contribution >= 0.6 is 0 Å². The van der Waals surface area contributed by atoms with Crippen LogP contribution in [0.4, 0.5) is 0 Å². The fourth-order valence-corrected chi connectivity index (χ4v) is 2.95. The molecule has 126 valence electrons. The van der Waals surface area contributed by atoms with Crippen LogP contribution in [0.2, 0.25) is 0 Å². The van der Waals surface area contributed by atoms with Crippen molar-refractivity contribution in [2.75, 3.05) is 0 Å². The largest absolute Gasteiger partial charge is 0.369 e. The van der Waals surface area contributed by atoms with Gasteiger partial charge in [0.2, 0.25) is 5.91 Å². The number of hydrogen-bond acceptors (Lipinski definition) is 1. The van der Waals surface area contributed by atoms with E-state index in [0.29, 0.717) is 0 Å². The van der Waals surface area contributed by atoms with Gasteiger partial charge in [-0.2, -0.15) is 0 Å². The minimum absolute atomic E-state index is 0.0745. The maximum Gasteiger partial charge on any atom is 0.220 e. The van der Waals surface area contributed by atoms with Crippen molar-refractivity contribution >= 4 is 5.91 Å². The Morgan fingerprint density at radius 1 is 0.667 bits per heavy atom. The van der Waals surface area contributed by atoms with Crippen molar-refractivity contribution in [1.29, 1.82) is 0 Å². The zero-order valence-electron chi connectivity index (χ0n) is 14.7. The summed E-state index contributed by atoms with van der Waals surface area (Å²) in [6.45, 7) is 4.49. The van der Waals surface area contributed by atoms with Crippen molar-refractivity contribution in [2.24, 2.45) is 11.7 Å². The molecule has 0 aliphatic rings. The van der Waals surface area contributed by atoms with Gasteiger partial charge in [-0.3, -0.25) is 4.79 Å². The second-order valence-electron chi connectivity index (χ2n) is 6.57. The molecule has 0 aromatic rings. The van der Waals surface area contributed by atoms with E-state index in [9.17, 15) is 4.79 Å². The number of carbonyl (C=O) groups excluding carboxylic acids is 1. The Morgan fingerprint density at radius 2 is 1.00 bits per heavy atom. The third kappa shape index (κ3) is 14.2. The maximum atomic E-state index is 11.5. The summed E-state index contributed by atoms with van der Waals surface area (Å²) in [5, 5.41) is 0. The van der Waals surface area contributed by atoms with Crippen LogP contribution in [0.3, 0.4) is 0 Å². The Balaban J connectivity index is 3.52. The highest BCUT2D eigenvalue weighted by molar-refractivity contribution is 5.76. The summed E-state index contributed by atoms with van der Waals surface area (Å²) >= 11 is 0. The van der Waals surface area contributed by atoms with E-state index in [2.05, 4.69) is 13.8 Å². The van der Waals surface area contributed by atoms with E-state index in [4.69, 9.17) is 5.73 Å². The van der Waals surface area contributed by atoms with Gasteiger partial charge in [0.05, 0.1) is 0 Å². The third-order valence-electron chi connectivity index (χ3n) is 4.46. The summed E-state index contributed by atoms with van der Waals surface area (Å²) in [5.41, 5.74) is 5.54. The summed E-state index contributed by atoms with van der Waals surface area (Å²) in [4.78, 5) is 11.5. The average Bonchev–Trinajstić information content (AvgIpc) is 2.47. The van der Waals surface area contributed by atoms with E-state index >= 15 is 0 Å². The number of rotatable bonds is 16. The van der Waals surface area contributed by atoms with Crippen molar-refractivity contribution in [3.63, 3.8) is 0 Å². The van der Waals surface area contributed by atoms with Gasteiger partial charge in [0.15, 0.2) is 0 Å². The molecule has 1 amide bonds. The van der Waals surface area contributed by atoms with E-state index in [0.717, 1.165) is 12.8 Å². The van der Waals surface area contributed by atoms with Crippen LogP contribution in [0.25, 0.3) is 0 Å². The van der Waals surface area contributed by atoms with E-state index in [1.54, 1.807) is 0 Å². The molecule has 2 N–H and O–H groups in total. The molecular formula is C19H39NO. The average molecular weight is 298 g/mol. The first-order valence-electron chi connectivity index (χ1n) is 9.51. The molecule has 0 heterocycles. The van der Waals surface area contributed by atoms with Crippen molar-refractivity contribution in [2.45, 2.75) is 110 Å². The van der Waals surface area contributed by atoms with Crippen molar-refractivity contribution in [3.8, 4) is 0 Å². The SMILES string of the molecule is CCCCCCCCCC(CCCCCCCC)C(N)=O. The van der Waals surface area contributed by atoms with Gasteiger partial charge < -0.3 is 5.73 Å². The highest BCUT2D eigenvalue weighted by atomic mass is 16.1. The molecule has 0 radical (unpaired) electrons. The molecule has 0 saturated carbocycles. The lowest BCUT2D eigenvalue weighted by atomic mass is 9.93. The van der Waals surface area contributed by atoms with Gasteiger partial charge in [0, 0.05) is 5.92 Å². The van der Waals surface area contributed by atoms with E-state index < -0.39 is 0 Å². The van der Waals surface area contributed by atoms with Gasteiger partial charge >= 0.3 is 0 Å². The predicted octanol–water partition coefficient (Wildman–Crippen LogP) is 5.98. The molecule has 1 atom stereocenters. The molecule has 0 bridgehead atoms. The number of nitrogens with two attached hydrogens (primary N) is 1. The molecular weight excluding hydrogens is 258 g/mol. The Morgan fingerprint density at radius 3 is 1.33 bits per heavy atom. The summed E-state index contributed by atoms with van der Waals surface area (Å²) < 4.78 is 0. The molecule has 0 aromatic heterocycles. The fourth-order valence-electron chi connectivity index (χ4n) is 2.95. The van der Waals surface area contributed by atoms with Gasteiger partial charge in [0.25, 0.3) is 0 Å². The number of amides is 1. The maximum absolute atomic E-state index is 11.5. The molecule has 2 heteroatoms. The summed E-state index contributed by atoms with van der Waals surface area (Å²) in [6.07, 6.45) is 18.9. The van der Waals surface area contributed by atoms with Crippen LogP contribution in [0.15, 0.2) is 0 Å². The standard InChI is InChI=1S/C19H39NO/c1-3-5-7-9-11-13-15-17-18(19(20)21)16-14-12-10-8-6-4-2/h18H,3-17H2,1-2H3,(H2,20,21). The normalized spacial score (nSPS) is 12.5. The van der Waals surface area contributed by atoms with Gasteiger partial charge in [0.1, 0.15) is 0 Å². The number of unbranched alkanes of at least 4 members (excludes halogenated alkanes) is 11. The Bertz CT molecular complexity index is 228. The Hall–Kier alpha value is -0.530. The molecule has 0 spiro atoms. The van der Waals surface area contributed by atoms with Crippen molar-refractivity contribution in [1.82, 2.24) is 0 Å². The minimum Gasteiger partial charge on any atom is -0.369 e. The van der Waals surface area contributed by atoms with E-state index in [-0.39, 0.29) is 11.8 Å². The molecule has 0 saturated heterocycles. The van der Waals surface area contributed by atoms with Crippen LogP contribution in [-0.2, 0) is 4.79 Å². The number of carbonyl (C=O) groups is 1. The van der Waals surface area contributed by atoms with Crippen LogP contribution < -0.4 is 5.73 Å². The molecule has 0 aromatic carbocycles. The van der Waals surface area contributed by atoms with Gasteiger partial charge in [-0.25, -0.2) is 0 Å². The summed E-state index contributed by atoms with van der Waals surface area (Å²) in [5.74, 6) is 0.0568. The van der Waals surface area contributed by atoms with E-state index in [1.165, 1.54) is 83.5 Å². The fraction of sp³-hybridized carbons (Fsp3) is 0.947. The summed E-state index contributed by atoms with van der Waals surface area (Å²) in [6, 6.07) is 0. The monoisotopic (exact) mass is 297 g/mol. The van der Waals surface area contributed by atoms with Crippen LogP contribution in [0.5, 0.6) is 0 Å². The first-order valence-corrected chi connectivity index (χ1v) is 9.51. The van der Waals surface area contributed by atoms with Crippen LogP contribution in [0, 0.1) is 5.92 Å². The minimum atomic E-state index is -0.0745. The van der Waals surface area contributed by atoms with Gasteiger partial charge in [-0.15, -0.1) is 0 Å². The third-order valence-corrected chi connectivity index (χ3v) is 4.46. The van der Waals surface area contributed by atoms with Crippen LogP contribution in [-0.4, -0.2) is 5.91 Å². The predicted molar refractivity (Wildman–Crippen MR) is 93.3 cm³/mol. The molecule has 21 heavy (non-hydrogen) atoms. The first-order chi connectivity index (χ1) is 10.2. The quantitative estimate of drug-likeness (QED) is 0.350. The zero-order valence-corrected chi connectivity index (χ0v) is 14.7. The van der Waals surface area contributed by atoms with E-state index in [1.807, 2.05) is 0 Å². The molecule has 0 aliphatic heterocycles. The highest BCUT2D eigenvalue weighted by Gasteiger charge is 2.14. The highest BCUT2D eigenvalue weighted by Crippen LogP contribution is 2.19. The van der Waals surface area contributed by atoms with Gasteiger partial charge in [-0.05, 0) is 12.8 Å². The Kier molecular flexibility index (Phi) is 15.5. The second-order valence-corrected chi connectivity index (χ2v) is 6.57. The Labute approximate surface area is 133 Å². The van der Waals surface area contributed by atoms with Crippen molar-refractivity contribution < 1.29 is 4.79 Å². The molecule has 0 fully saturated rings. The lowest BCUT2D eigenvalue weighted by Crippen LogP contribution is -2.23. The topological polar surface area (TPSA) is 43.1 Å². The van der Waals surface area contributed by atoms with Crippen LogP contribution in [0.1, 0.15) is 110 Å². The second kappa shape index (κ2) is 15.9. The number of primary amides is 1. The smallest absolute Gasteiger partial charge is 0.220 e. The molecule has 2 nitrogen and oxygen atoms in total. The lowest BCUT2D eigenvalue weighted by Gasteiger charge is -2.13. The number of hydrogen-bond donors (Lipinski definition) is 1. The lowest BCUT2D eigenvalue weighted by molar-refractivity contribution is -0.122.